The molecule has 0 aliphatic rings. The molecular formula is C32H41N5O4. The molecule has 3 N–H and O–H groups in total. The number of hydrogen-bond acceptors (Lipinski definition) is 8. The molecule has 4 rings (SSSR count). The predicted octanol–water partition coefficient (Wildman–Crippen LogP) is 5.79. The van der Waals surface area contributed by atoms with Crippen molar-refractivity contribution in [1.82, 2.24) is 15.3 Å². The van der Waals surface area contributed by atoms with Gasteiger partial charge in [-0.15, -0.1) is 0 Å². The molecule has 1 amide bonds. The van der Waals surface area contributed by atoms with Crippen LogP contribution in [0.5, 0.6) is 11.5 Å². The van der Waals surface area contributed by atoms with Gasteiger partial charge in [0.05, 0.1) is 24.2 Å². The van der Waals surface area contributed by atoms with Crippen molar-refractivity contribution >= 4 is 39.3 Å². The number of hydrogen-bond donors (Lipinski definition) is 3. The first-order valence-electron chi connectivity index (χ1n) is 13.9. The second-order valence-electron chi connectivity index (χ2n) is 12.0. The number of ether oxygens (including phenoxy) is 3. The molecule has 2 aromatic heterocycles. The van der Waals surface area contributed by atoms with Crippen LogP contribution in [0, 0.1) is 0 Å². The number of rotatable bonds is 12. The van der Waals surface area contributed by atoms with Gasteiger partial charge in [0.1, 0.15) is 29.7 Å². The second kappa shape index (κ2) is 13.0. The molecule has 0 spiro atoms. The van der Waals surface area contributed by atoms with Crippen LogP contribution in [0.25, 0.3) is 21.8 Å². The molecule has 0 saturated heterocycles. The number of carbonyl (C=O) groups is 1. The largest absolute Gasteiger partial charge is 0.491 e. The Kier molecular flexibility index (Phi) is 9.50. The zero-order valence-electron chi connectivity index (χ0n) is 24.8. The first-order valence-corrected chi connectivity index (χ1v) is 13.9. The first kappa shape index (κ1) is 29.9. The molecule has 0 radical (unpaired) electrons. The molecule has 0 aliphatic carbocycles. The van der Waals surface area contributed by atoms with E-state index in [-0.39, 0.29) is 23.6 Å². The minimum atomic E-state index is -0.210. The van der Waals surface area contributed by atoms with E-state index in [9.17, 15) is 4.79 Å². The van der Waals surface area contributed by atoms with Crippen LogP contribution in [0.15, 0.2) is 60.7 Å². The van der Waals surface area contributed by atoms with E-state index in [1.807, 2.05) is 60.7 Å². The van der Waals surface area contributed by atoms with Crippen molar-refractivity contribution < 1.29 is 19.0 Å². The Bertz CT molecular complexity index is 1480. The number of carbonyl (C=O) groups excluding carboxylic acids is 1. The summed E-state index contributed by atoms with van der Waals surface area (Å²) in [6.45, 7) is 14.1. The summed E-state index contributed by atoms with van der Waals surface area (Å²) in [7, 11) is 0. The van der Waals surface area contributed by atoms with E-state index in [1.165, 1.54) is 0 Å². The zero-order chi connectivity index (χ0) is 29.5. The fraction of sp³-hybridized carbons (Fsp3) is 0.406. The third-order valence-corrected chi connectivity index (χ3v) is 5.76. The summed E-state index contributed by atoms with van der Waals surface area (Å²) in [6, 6.07) is 19.4. The Morgan fingerprint density at radius 2 is 1.22 bits per heavy atom. The quantitative estimate of drug-likeness (QED) is 0.187. The van der Waals surface area contributed by atoms with Gasteiger partial charge in [-0.05, 0) is 102 Å². The highest BCUT2D eigenvalue weighted by Gasteiger charge is 2.12. The highest BCUT2D eigenvalue weighted by molar-refractivity contribution is 5.83. The maximum atomic E-state index is 12.2. The van der Waals surface area contributed by atoms with Crippen LogP contribution in [0.2, 0.25) is 0 Å². The van der Waals surface area contributed by atoms with E-state index < -0.39 is 0 Å². The van der Waals surface area contributed by atoms with Gasteiger partial charge >= 0.3 is 0 Å². The molecule has 4 aromatic rings. The molecule has 0 fully saturated rings. The summed E-state index contributed by atoms with van der Waals surface area (Å²) in [5, 5.41) is 11.5. The number of amides is 1. The Morgan fingerprint density at radius 3 is 1.76 bits per heavy atom. The molecule has 218 valence electrons. The van der Waals surface area contributed by atoms with Gasteiger partial charge in [-0.25, -0.2) is 9.97 Å². The summed E-state index contributed by atoms with van der Waals surface area (Å²) >= 11 is 0. The lowest BCUT2D eigenvalue weighted by atomic mass is 10.1. The fourth-order valence-corrected chi connectivity index (χ4v) is 4.08. The van der Waals surface area contributed by atoms with Crippen molar-refractivity contribution in [3.63, 3.8) is 0 Å². The molecule has 0 atom stereocenters. The lowest BCUT2D eigenvalue weighted by molar-refractivity contribution is -0.123. The monoisotopic (exact) mass is 559 g/mol. The maximum absolute atomic E-state index is 12.2. The highest BCUT2D eigenvalue weighted by Crippen LogP contribution is 2.24. The van der Waals surface area contributed by atoms with E-state index in [0.29, 0.717) is 32.1 Å². The maximum Gasteiger partial charge on any atom is 0.258 e. The fourth-order valence-electron chi connectivity index (χ4n) is 4.08. The number of benzene rings is 2. The molecule has 9 heteroatoms. The van der Waals surface area contributed by atoms with E-state index in [1.54, 1.807) is 0 Å². The van der Waals surface area contributed by atoms with Crippen molar-refractivity contribution in [1.29, 1.82) is 0 Å². The summed E-state index contributed by atoms with van der Waals surface area (Å²) in [6.07, 6.45) is 0. The summed E-state index contributed by atoms with van der Waals surface area (Å²) < 4.78 is 17.1. The third-order valence-electron chi connectivity index (χ3n) is 5.76. The molecular weight excluding hydrogens is 518 g/mol. The van der Waals surface area contributed by atoms with Gasteiger partial charge in [0.25, 0.3) is 5.91 Å². The number of fused-ring (bicyclic) bond motifs is 2. The molecule has 0 bridgehead atoms. The van der Waals surface area contributed by atoms with Gasteiger partial charge in [-0.2, -0.15) is 0 Å². The van der Waals surface area contributed by atoms with Crippen LogP contribution in [0.3, 0.4) is 0 Å². The standard InChI is InChI=1S/C32H41N5O4/c1-31(2,3)36-28-13-7-22-19-24(9-11-26(22)34-28)40-18-17-39-16-15-33-30(38)21-41-25-10-12-27-23(20-25)8-14-29(35-27)37-32(4,5)6/h7-14,19-20H,15-18,21H2,1-6H3,(H,33,38)(H,34,36)(H,35,37). The first-order chi connectivity index (χ1) is 19.4. The normalized spacial score (nSPS) is 11.9. The van der Waals surface area contributed by atoms with Crippen molar-refractivity contribution in [2.75, 3.05) is 43.6 Å². The van der Waals surface area contributed by atoms with Gasteiger partial charge in [0.15, 0.2) is 6.61 Å². The average Bonchev–Trinajstić information content (AvgIpc) is 2.89. The number of pyridine rings is 2. The molecule has 41 heavy (non-hydrogen) atoms. The summed E-state index contributed by atoms with van der Waals surface area (Å²) in [4.78, 5) is 21.5. The third kappa shape index (κ3) is 9.79. The van der Waals surface area contributed by atoms with Crippen LogP contribution in [-0.4, -0.2) is 59.9 Å². The lowest BCUT2D eigenvalue weighted by Crippen LogP contribution is -2.32. The Labute approximate surface area is 242 Å². The van der Waals surface area contributed by atoms with Crippen LogP contribution in [0.4, 0.5) is 11.6 Å². The number of nitrogens with zero attached hydrogens (tertiary/aromatic N) is 2. The van der Waals surface area contributed by atoms with Crippen molar-refractivity contribution in [2.24, 2.45) is 0 Å². The van der Waals surface area contributed by atoms with E-state index in [2.05, 4.69) is 67.5 Å². The van der Waals surface area contributed by atoms with Crippen LogP contribution in [-0.2, 0) is 9.53 Å². The molecule has 9 nitrogen and oxygen atoms in total. The van der Waals surface area contributed by atoms with Crippen molar-refractivity contribution in [2.45, 2.75) is 52.6 Å². The second-order valence-corrected chi connectivity index (χ2v) is 12.0. The molecule has 0 aliphatic heterocycles. The van der Waals surface area contributed by atoms with Gasteiger partial charge in [-0.1, -0.05) is 0 Å². The molecule has 0 saturated carbocycles. The summed E-state index contributed by atoms with van der Waals surface area (Å²) in [5.41, 5.74) is 1.65. The van der Waals surface area contributed by atoms with Crippen molar-refractivity contribution in [3.05, 3.63) is 60.7 Å². The van der Waals surface area contributed by atoms with E-state index in [0.717, 1.165) is 39.2 Å². The SMILES string of the molecule is CC(C)(C)Nc1ccc2cc(OCCOCCNC(=O)COc3ccc4nc(NC(C)(C)C)ccc4c3)ccc2n1. The Morgan fingerprint density at radius 1 is 0.683 bits per heavy atom. The lowest BCUT2D eigenvalue weighted by Gasteiger charge is -2.21. The van der Waals surface area contributed by atoms with Gasteiger partial charge in [-0.3, -0.25) is 4.79 Å². The van der Waals surface area contributed by atoms with E-state index in [4.69, 9.17) is 14.2 Å². The summed E-state index contributed by atoms with van der Waals surface area (Å²) in [5.74, 6) is 2.84. The predicted molar refractivity (Wildman–Crippen MR) is 165 cm³/mol. The molecule has 2 heterocycles. The van der Waals surface area contributed by atoms with Crippen LogP contribution in [0.1, 0.15) is 41.5 Å². The highest BCUT2D eigenvalue weighted by atomic mass is 16.5. The minimum absolute atomic E-state index is 0.0499. The smallest absolute Gasteiger partial charge is 0.258 e. The number of aromatic nitrogens is 2. The average molecular weight is 560 g/mol. The number of nitrogens with one attached hydrogen (secondary N) is 3. The zero-order valence-corrected chi connectivity index (χ0v) is 24.8. The van der Waals surface area contributed by atoms with Crippen LogP contribution >= 0.6 is 0 Å². The van der Waals surface area contributed by atoms with Gasteiger partial charge < -0.3 is 30.2 Å². The Hall–Kier alpha value is -4.11. The minimum Gasteiger partial charge on any atom is -0.491 e. The number of anilines is 2. The molecule has 0 unspecified atom stereocenters. The van der Waals surface area contributed by atoms with Crippen molar-refractivity contribution in [3.8, 4) is 11.5 Å². The van der Waals surface area contributed by atoms with Gasteiger partial charge in [0.2, 0.25) is 0 Å². The van der Waals surface area contributed by atoms with Gasteiger partial charge in [0, 0.05) is 28.4 Å². The van der Waals surface area contributed by atoms with Crippen LogP contribution < -0.4 is 25.4 Å². The molecule has 2 aromatic carbocycles. The Balaban J connectivity index is 1.11. The topological polar surface area (TPSA) is 107 Å². The van der Waals surface area contributed by atoms with E-state index >= 15 is 0 Å².